The summed E-state index contributed by atoms with van der Waals surface area (Å²) in [5.41, 5.74) is 0. The fourth-order valence-corrected chi connectivity index (χ4v) is 4.66. The maximum atomic E-state index is 3.53. The van der Waals surface area contributed by atoms with Crippen LogP contribution in [0.25, 0.3) is 0 Å². The Morgan fingerprint density at radius 1 is 0.947 bits per heavy atom. The Kier molecular flexibility index (Phi) is 4.71. The van der Waals surface area contributed by atoms with Crippen molar-refractivity contribution in [2.45, 2.75) is 13.1 Å². The molecule has 0 aliphatic carbocycles. The Morgan fingerprint density at radius 2 is 1.63 bits per heavy atom. The van der Waals surface area contributed by atoms with Gasteiger partial charge in [0.05, 0.1) is 3.79 Å². The number of piperazine rings is 1. The Hall–Kier alpha value is -0.200. The number of rotatable bonds is 4. The van der Waals surface area contributed by atoms with E-state index in [-0.39, 0.29) is 0 Å². The van der Waals surface area contributed by atoms with Gasteiger partial charge in [0.15, 0.2) is 0 Å². The molecular formula is C14H17BrN2S2. The lowest BCUT2D eigenvalue weighted by atomic mass is 10.3. The molecule has 2 aromatic heterocycles. The van der Waals surface area contributed by atoms with Gasteiger partial charge in [-0.3, -0.25) is 9.80 Å². The van der Waals surface area contributed by atoms with E-state index < -0.39 is 0 Å². The quantitative estimate of drug-likeness (QED) is 0.819. The zero-order valence-corrected chi connectivity index (χ0v) is 13.9. The fourth-order valence-electron chi connectivity index (χ4n) is 2.39. The second kappa shape index (κ2) is 6.50. The number of hydrogen-bond acceptors (Lipinski definition) is 4. The summed E-state index contributed by atoms with van der Waals surface area (Å²) >= 11 is 7.25. The lowest BCUT2D eigenvalue weighted by molar-refractivity contribution is 0.123. The summed E-state index contributed by atoms with van der Waals surface area (Å²) in [5.74, 6) is 0. The average molecular weight is 357 g/mol. The van der Waals surface area contributed by atoms with E-state index in [4.69, 9.17) is 0 Å². The first-order valence-electron chi connectivity index (χ1n) is 6.51. The topological polar surface area (TPSA) is 6.48 Å². The highest BCUT2D eigenvalue weighted by molar-refractivity contribution is 9.11. The smallest absolute Gasteiger partial charge is 0.0701 e. The van der Waals surface area contributed by atoms with Crippen molar-refractivity contribution in [2.24, 2.45) is 0 Å². The van der Waals surface area contributed by atoms with Crippen molar-refractivity contribution in [3.63, 3.8) is 0 Å². The van der Waals surface area contributed by atoms with E-state index in [1.165, 1.54) is 39.7 Å². The first kappa shape index (κ1) is 13.8. The molecule has 5 heteroatoms. The van der Waals surface area contributed by atoms with Gasteiger partial charge < -0.3 is 0 Å². The van der Waals surface area contributed by atoms with Crippen LogP contribution in [0.4, 0.5) is 0 Å². The van der Waals surface area contributed by atoms with Crippen LogP contribution in [0.2, 0.25) is 0 Å². The molecule has 1 fully saturated rings. The van der Waals surface area contributed by atoms with Gasteiger partial charge in [-0.2, -0.15) is 0 Å². The van der Waals surface area contributed by atoms with Gasteiger partial charge in [-0.1, -0.05) is 6.07 Å². The Balaban J connectivity index is 1.46. The number of thiophene rings is 2. The molecule has 102 valence electrons. The maximum Gasteiger partial charge on any atom is 0.0701 e. The van der Waals surface area contributed by atoms with Crippen molar-refractivity contribution in [1.29, 1.82) is 0 Å². The van der Waals surface area contributed by atoms with E-state index in [9.17, 15) is 0 Å². The highest BCUT2D eigenvalue weighted by atomic mass is 79.9. The molecule has 19 heavy (non-hydrogen) atoms. The summed E-state index contributed by atoms with van der Waals surface area (Å²) in [4.78, 5) is 8.06. The van der Waals surface area contributed by atoms with Crippen LogP contribution in [0.5, 0.6) is 0 Å². The lowest BCUT2D eigenvalue weighted by Crippen LogP contribution is -2.45. The summed E-state index contributed by atoms with van der Waals surface area (Å²) in [6, 6.07) is 8.75. The van der Waals surface area contributed by atoms with Gasteiger partial charge >= 0.3 is 0 Å². The molecule has 0 spiro atoms. The number of nitrogens with zero attached hydrogens (tertiary/aromatic N) is 2. The molecule has 0 amide bonds. The molecule has 1 aliphatic heterocycles. The standard InChI is InChI=1S/C14H17BrN2S2/c15-14-4-3-13(19-14)11-17-7-5-16(6-8-17)10-12-2-1-9-18-12/h1-4,9H,5-8,10-11H2. The Labute approximate surface area is 130 Å². The summed E-state index contributed by atoms with van der Waals surface area (Å²) in [7, 11) is 0. The third-order valence-electron chi connectivity index (χ3n) is 3.43. The van der Waals surface area contributed by atoms with Crippen molar-refractivity contribution in [3.05, 3.63) is 43.2 Å². The zero-order chi connectivity index (χ0) is 13.1. The van der Waals surface area contributed by atoms with Crippen LogP contribution in [0, 0.1) is 0 Å². The fraction of sp³-hybridized carbons (Fsp3) is 0.429. The highest BCUT2D eigenvalue weighted by Crippen LogP contribution is 2.23. The largest absolute Gasteiger partial charge is 0.296 e. The van der Waals surface area contributed by atoms with Crippen LogP contribution in [0.15, 0.2) is 33.4 Å². The molecule has 2 aromatic rings. The summed E-state index contributed by atoms with van der Waals surface area (Å²) < 4.78 is 1.24. The third kappa shape index (κ3) is 3.89. The lowest BCUT2D eigenvalue weighted by Gasteiger charge is -2.34. The normalized spacial score (nSPS) is 17.9. The second-order valence-electron chi connectivity index (χ2n) is 4.84. The van der Waals surface area contributed by atoms with Crippen molar-refractivity contribution >= 4 is 38.6 Å². The van der Waals surface area contributed by atoms with E-state index in [2.05, 4.69) is 55.4 Å². The van der Waals surface area contributed by atoms with Crippen molar-refractivity contribution in [2.75, 3.05) is 26.2 Å². The van der Waals surface area contributed by atoms with Gasteiger partial charge in [-0.15, -0.1) is 22.7 Å². The van der Waals surface area contributed by atoms with Crippen LogP contribution in [0.3, 0.4) is 0 Å². The van der Waals surface area contributed by atoms with Crippen molar-refractivity contribution < 1.29 is 0 Å². The predicted octanol–water partition coefficient (Wildman–Crippen LogP) is 3.89. The van der Waals surface area contributed by atoms with Crippen LogP contribution in [-0.2, 0) is 13.1 Å². The molecule has 2 nitrogen and oxygen atoms in total. The SMILES string of the molecule is Brc1ccc(CN2CCN(Cc3cccs3)CC2)s1. The first-order chi connectivity index (χ1) is 9.29. The molecule has 0 atom stereocenters. The number of halogens is 1. The van der Waals surface area contributed by atoms with Crippen molar-refractivity contribution in [3.8, 4) is 0 Å². The molecule has 1 aliphatic rings. The summed E-state index contributed by atoms with van der Waals surface area (Å²) in [6.45, 7) is 6.95. The molecule has 1 saturated heterocycles. The van der Waals surface area contributed by atoms with Crippen LogP contribution < -0.4 is 0 Å². The predicted molar refractivity (Wildman–Crippen MR) is 86.9 cm³/mol. The van der Waals surface area contributed by atoms with Gasteiger partial charge in [0.2, 0.25) is 0 Å². The van der Waals surface area contributed by atoms with Gasteiger partial charge in [-0.25, -0.2) is 0 Å². The molecule has 3 heterocycles. The number of hydrogen-bond donors (Lipinski definition) is 0. The van der Waals surface area contributed by atoms with E-state index in [1.807, 2.05) is 22.7 Å². The third-order valence-corrected chi connectivity index (χ3v) is 5.90. The second-order valence-corrected chi connectivity index (χ2v) is 8.42. The van der Waals surface area contributed by atoms with Gasteiger partial charge in [0.1, 0.15) is 0 Å². The van der Waals surface area contributed by atoms with E-state index >= 15 is 0 Å². The van der Waals surface area contributed by atoms with E-state index in [0.29, 0.717) is 0 Å². The first-order valence-corrected chi connectivity index (χ1v) is 9.00. The maximum absolute atomic E-state index is 3.53. The van der Waals surface area contributed by atoms with E-state index in [0.717, 1.165) is 13.1 Å². The molecule has 3 rings (SSSR count). The molecule has 0 unspecified atom stereocenters. The molecule has 0 radical (unpaired) electrons. The molecule has 0 N–H and O–H groups in total. The van der Waals surface area contributed by atoms with Gasteiger partial charge in [0.25, 0.3) is 0 Å². The Bertz CT molecular complexity index is 501. The summed E-state index contributed by atoms with van der Waals surface area (Å²) in [5, 5.41) is 2.17. The monoisotopic (exact) mass is 356 g/mol. The van der Waals surface area contributed by atoms with Crippen LogP contribution in [0.1, 0.15) is 9.75 Å². The van der Waals surface area contributed by atoms with E-state index in [1.54, 1.807) is 0 Å². The molecular weight excluding hydrogens is 340 g/mol. The molecule has 0 bridgehead atoms. The van der Waals surface area contributed by atoms with Crippen LogP contribution >= 0.6 is 38.6 Å². The Morgan fingerprint density at radius 3 is 2.16 bits per heavy atom. The highest BCUT2D eigenvalue weighted by Gasteiger charge is 2.17. The van der Waals surface area contributed by atoms with Gasteiger partial charge in [0, 0.05) is 49.0 Å². The average Bonchev–Trinajstić information content (AvgIpc) is 3.04. The molecule has 0 aromatic carbocycles. The van der Waals surface area contributed by atoms with Gasteiger partial charge in [-0.05, 0) is 39.5 Å². The molecule has 0 saturated carbocycles. The van der Waals surface area contributed by atoms with Crippen molar-refractivity contribution in [1.82, 2.24) is 9.80 Å². The minimum Gasteiger partial charge on any atom is -0.296 e. The van der Waals surface area contributed by atoms with Crippen LogP contribution in [-0.4, -0.2) is 36.0 Å². The minimum absolute atomic E-state index is 1.10. The minimum atomic E-state index is 1.10. The summed E-state index contributed by atoms with van der Waals surface area (Å²) in [6.07, 6.45) is 0. The zero-order valence-electron chi connectivity index (χ0n) is 10.7.